The molecule has 9 aromatic carbocycles. The fraction of sp³-hybridized carbons (Fsp3) is 0.222. The number of fused-ring (bicyclic) bond motifs is 4. The second-order valence-electron chi connectivity index (χ2n) is 27.9. The monoisotopic (exact) mass is 1160 g/mol. The number of pyridine rings is 1. The summed E-state index contributed by atoms with van der Waals surface area (Å²) in [5, 5.41) is 2.11. The van der Waals surface area contributed by atoms with Crippen LogP contribution in [0.2, 0.25) is 0 Å². The Hall–Kier alpha value is -9.88. The Balaban J connectivity index is 1.04. The first-order chi connectivity index (χ1) is 42.5. The lowest BCUT2D eigenvalue weighted by Crippen LogP contribution is -2.29. The Kier molecular flexibility index (Phi) is 14.4. The van der Waals surface area contributed by atoms with Crippen molar-refractivity contribution in [1.29, 1.82) is 0 Å². The van der Waals surface area contributed by atoms with Gasteiger partial charge in [0.25, 0.3) is 11.4 Å². The third-order valence-electron chi connectivity index (χ3n) is 17.8. The van der Waals surface area contributed by atoms with E-state index in [-0.39, 0.29) is 16.2 Å². The first-order valence-corrected chi connectivity index (χ1v) is 31.0. The highest BCUT2D eigenvalue weighted by Crippen LogP contribution is 2.48. The van der Waals surface area contributed by atoms with Crippen LogP contribution in [0.4, 0.5) is 22.7 Å². The molecular formula is C81H77N7O+2. The van der Waals surface area contributed by atoms with Gasteiger partial charge in [0.2, 0.25) is 11.4 Å². The molecule has 0 radical (unpaired) electrons. The van der Waals surface area contributed by atoms with Crippen LogP contribution in [0.25, 0.3) is 61.3 Å². The van der Waals surface area contributed by atoms with Gasteiger partial charge in [-0.3, -0.25) is 4.57 Å². The summed E-state index contributed by atoms with van der Waals surface area (Å²) in [7, 11) is 0. The van der Waals surface area contributed by atoms with Crippen LogP contribution >= 0.6 is 0 Å². The lowest BCUT2D eigenvalue weighted by Gasteiger charge is -2.29. The highest BCUT2D eigenvalue weighted by Gasteiger charge is 2.40. The highest BCUT2D eigenvalue weighted by molar-refractivity contribution is 6.11. The molecule has 0 bridgehead atoms. The van der Waals surface area contributed by atoms with Gasteiger partial charge in [0.05, 0.1) is 33.8 Å². The Labute approximate surface area is 524 Å². The van der Waals surface area contributed by atoms with Gasteiger partial charge in [0, 0.05) is 52.1 Å². The van der Waals surface area contributed by atoms with Gasteiger partial charge in [-0.25, -0.2) is 19.9 Å². The second-order valence-corrected chi connectivity index (χ2v) is 27.9. The van der Waals surface area contributed by atoms with Crippen LogP contribution in [0, 0.1) is 0 Å². The van der Waals surface area contributed by atoms with Gasteiger partial charge >= 0.3 is 6.01 Å². The molecule has 4 heterocycles. The molecule has 3 aromatic heterocycles. The van der Waals surface area contributed by atoms with E-state index in [0.29, 0.717) is 29.0 Å². The van der Waals surface area contributed by atoms with Crippen molar-refractivity contribution in [1.82, 2.24) is 33.7 Å². The van der Waals surface area contributed by atoms with E-state index in [2.05, 4.69) is 304 Å². The predicted octanol–water partition coefficient (Wildman–Crippen LogP) is 20.6. The summed E-state index contributed by atoms with van der Waals surface area (Å²) >= 11 is 0. The maximum absolute atomic E-state index is 7.48. The average Bonchev–Trinajstić information content (AvgIpc) is 1.69. The average molecular weight is 1160 g/mol. The van der Waals surface area contributed by atoms with E-state index in [1.54, 1.807) is 0 Å². The molecule has 0 N–H and O–H groups in total. The second kappa shape index (κ2) is 22.1. The fourth-order valence-corrected chi connectivity index (χ4v) is 12.3. The standard InChI is InChI=1S/C81H77N7O/c1-77(2,3)55-41-37-53(38-42-55)62-32-25-33-63(54-39-43-56(44-40-54)78(4,5)6)73(62)87-52-86(68-34-20-21-35-69(68)87)60-30-24-31-61(49-60)89-71-51-70-65(64-48-59(79(7,8)9)45-46-67(64)88(70)72-36-22-23-47-82-72)50-66(71)74-83-75(80(10,11)57-26-16-14-17-27-57)85-76(84-74)81(12,13)58-28-18-15-19-29-58/h14-51H,1-13H3/q+2. The molecular weight excluding hydrogens is 1090 g/mol. The van der Waals surface area contributed by atoms with Crippen molar-refractivity contribution in [3.8, 4) is 51.0 Å². The summed E-state index contributed by atoms with van der Waals surface area (Å²) in [4.78, 5) is 21.5. The smallest absolute Gasteiger partial charge is 0.456 e. The number of ether oxygens (including phenoxy) is 1. The minimum absolute atomic E-state index is 0.00988. The highest BCUT2D eigenvalue weighted by atomic mass is 16.5. The number of para-hydroxylation sites is 3. The Morgan fingerprint density at radius 2 is 0.899 bits per heavy atom. The van der Waals surface area contributed by atoms with E-state index < -0.39 is 10.8 Å². The van der Waals surface area contributed by atoms with Crippen molar-refractivity contribution in [2.75, 3.05) is 0 Å². The van der Waals surface area contributed by atoms with Gasteiger partial charge in [-0.15, -0.1) is 0 Å². The van der Waals surface area contributed by atoms with Gasteiger partial charge in [0.15, 0.2) is 5.82 Å². The van der Waals surface area contributed by atoms with Crippen molar-refractivity contribution in [2.24, 2.45) is 0 Å². The van der Waals surface area contributed by atoms with Crippen LogP contribution < -0.4 is 13.9 Å². The van der Waals surface area contributed by atoms with Gasteiger partial charge in [-0.05, 0) is 141 Å². The summed E-state index contributed by atoms with van der Waals surface area (Å²) in [6.07, 6.45) is 1.85. The molecule has 0 amide bonds. The Morgan fingerprint density at radius 3 is 1.44 bits per heavy atom. The van der Waals surface area contributed by atoms with Crippen LogP contribution in [0.5, 0.6) is 11.5 Å². The molecule has 0 saturated heterocycles. The molecule has 8 heteroatoms. The SMILES string of the molecule is CC(C)(C)c1ccc(-c2cccc(-c3ccc(C(C)(C)C)cc3)c2[N+]2=C=[N+](c3cccc(Oc4cc5c(cc4-c4nc(C(C)(C)c6ccccc6)nc(C(C)(C)c6ccccc6)n4)c4cc(C(C)(C)C)ccc4n5-c4ccccn4)c3)c3ccccc32)cc1. The largest absolute Gasteiger partial charge is 0.503 e. The van der Waals surface area contributed by atoms with Crippen LogP contribution in [-0.2, 0) is 27.1 Å². The van der Waals surface area contributed by atoms with E-state index in [4.69, 9.17) is 24.7 Å². The van der Waals surface area contributed by atoms with E-state index in [0.717, 1.165) is 89.3 Å². The van der Waals surface area contributed by atoms with Crippen molar-refractivity contribution >= 4 is 50.6 Å². The molecule has 0 atom stereocenters. The molecule has 13 rings (SSSR count). The topological polar surface area (TPSA) is 71.7 Å². The molecule has 1 aliphatic rings. The van der Waals surface area contributed by atoms with E-state index >= 15 is 0 Å². The Morgan fingerprint density at radius 1 is 0.393 bits per heavy atom. The zero-order chi connectivity index (χ0) is 62.2. The van der Waals surface area contributed by atoms with E-state index in [9.17, 15) is 0 Å². The van der Waals surface area contributed by atoms with Crippen molar-refractivity contribution < 1.29 is 4.74 Å². The normalized spacial score (nSPS) is 13.0. The van der Waals surface area contributed by atoms with Crippen LogP contribution in [0.1, 0.15) is 129 Å². The number of rotatable bonds is 12. The molecule has 89 heavy (non-hydrogen) atoms. The quantitative estimate of drug-likeness (QED) is 0.114. The fourth-order valence-electron chi connectivity index (χ4n) is 12.3. The van der Waals surface area contributed by atoms with Crippen LogP contribution in [-0.4, -0.2) is 30.5 Å². The van der Waals surface area contributed by atoms with E-state index in [1.165, 1.54) is 16.7 Å². The molecule has 12 aromatic rings. The Bertz CT molecular complexity index is 4600. The number of benzene rings is 9. The zero-order valence-corrected chi connectivity index (χ0v) is 53.5. The third-order valence-corrected chi connectivity index (χ3v) is 17.8. The lowest BCUT2D eigenvalue weighted by atomic mass is 9.82. The summed E-state index contributed by atoms with van der Waals surface area (Å²) in [5.41, 5.74) is 15.7. The molecule has 0 unspecified atom stereocenters. The summed E-state index contributed by atoms with van der Waals surface area (Å²) in [6.45, 7) is 29.2. The maximum atomic E-state index is 7.48. The number of hydrogen-bond donors (Lipinski definition) is 0. The summed E-state index contributed by atoms with van der Waals surface area (Å²) in [6, 6.07) is 83.9. The molecule has 0 aliphatic carbocycles. The van der Waals surface area contributed by atoms with Gasteiger partial charge in [0.1, 0.15) is 29.0 Å². The van der Waals surface area contributed by atoms with Crippen LogP contribution in [0.3, 0.4) is 0 Å². The van der Waals surface area contributed by atoms with Crippen molar-refractivity contribution in [3.05, 3.63) is 270 Å². The molecule has 0 spiro atoms. The lowest BCUT2D eigenvalue weighted by molar-refractivity contribution is 0.483. The maximum Gasteiger partial charge on any atom is 0.503 e. The molecule has 1 aliphatic heterocycles. The molecule has 0 saturated carbocycles. The van der Waals surface area contributed by atoms with Gasteiger partial charge in [-0.1, -0.05) is 208 Å². The van der Waals surface area contributed by atoms with Gasteiger partial charge in [-0.2, -0.15) is 0 Å². The van der Waals surface area contributed by atoms with Gasteiger partial charge < -0.3 is 4.74 Å². The summed E-state index contributed by atoms with van der Waals surface area (Å²) < 4.78 is 14.1. The molecule has 440 valence electrons. The minimum atomic E-state index is -0.613. The molecule has 0 fully saturated rings. The first kappa shape index (κ1) is 58.2. The van der Waals surface area contributed by atoms with Crippen LogP contribution in [0.15, 0.2) is 231 Å². The number of nitrogens with zero attached hydrogens (tertiary/aromatic N) is 7. The summed E-state index contributed by atoms with van der Waals surface area (Å²) in [5.74, 6) is 3.82. The zero-order valence-electron chi connectivity index (χ0n) is 53.5. The molecule has 8 nitrogen and oxygen atoms in total. The predicted molar refractivity (Wildman–Crippen MR) is 369 cm³/mol. The first-order valence-electron chi connectivity index (χ1n) is 31.0. The number of hydrogen-bond acceptors (Lipinski definition) is 5. The van der Waals surface area contributed by atoms with Crippen molar-refractivity contribution in [2.45, 2.75) is 117 Å². The van der Waals surface area contributed by atoms with E-state index in [1.807, 2.05) is 36.5 Å². The minimum Gasteiger partial charge on any atom is -0.456 e. The third kappa shape index (κ3) is 10.9. The van der Waals surface area contributed by atoms with Crippen molar-refractivity contribution in [3.63, 3.8) is 0 Å². The number of aromatic nitrogens is 5.